The van der Waals surface area contributed by atoms with Gasteiger partial charge in [0, 0.05) is 19.3 Å². The number of nitrogens with one attached hydrogen (secondary N) is 1. The second-order valence-electron chi connectivity index (χ2n) is 7.10. The van der Waals surface area contributed by atoms with Gasteiger partial charge in [0.25, 0.3) is 5.88 Å². The van der Waals surface area contributed by atoms with Gasteiger partial charge in [0.15, 0.2) is 22.8 Å². The molecule has 1 aliphatic rings. The molecule has 0 fully saturated rings. The third-order valence-electron chi connectivity index (χ3n) is 4.93. The zero-order valence-corrected chi connectivity index (χ0v) is 17.4. The Kier molecular flexibility index (Phi) is 4.35. The van der Waals surface area contributed by atoms with Crippen molar-refractivity contribution in [3.63, 3.8) is 0 Å². The van der Waals surface area contributed by atoms with E-state index in [0.717, 1.165) is 17.2 Å². The summed E-state index contributed by atoms with van der Waals surface area (Å²) in [6, 6.07) is 1.92. The van der Waals surface area contributed by atoms with E-state index in [9.17, 15) is 4.39 Å². The molecule has 0 aromatic carbocycles. The number of aromatic nitrogens is 8. The molecule has 5 rings (SSSR count). The molecule has 0 radical (unpaired) electrons. The first-order valence-electron chi connectivity index (χ1n) is 9.50. The van der Waals surface area contributed by atoms with Gasteiger partial charge in [0.05, 0.1) is 23.3 Å². The molecule has 0 unspecified atom stereocenters. The summed E-state index contributed by atoms with van der Waals surface area (Å²) in [5.74, 6) is 1.36. The summed E-state index contributed by atoms with van der Waals surface area (Å²) >= 11 is 6.16. The highest BCUT2D eigenvalue weighted by atomic mass is 35.5. The van der Waals surface area contributed by atoms with Gasteiger partial charge >= 0.3 is 0 Å². The summed E-state index contributed by atoms with van der Waals surface area (Å²) in [5, 5.41) is 17.1. The van der Waals surface area contributed by atoms with Gasteiger partial charge in [-0.1, -0.05) is 18.5 Å². The van der Waals surface area contributed by atoms with Crippen LogP contribution in [0.5, 0.6) is 5.88 Å². The first kappa shape index (κ1) is 18.8. The van der Waals surface area contributed by atoms with E-state index in [1.807, 2.05) is 27.0 Å². The van der Waals surface area contributed by atoms with Crippen molar-refractivity contribution >= 4 is 34.3 Å². The van der Waals surface area contributed by atoms with Crippen LogP contribution in [0, 0.1) is 6.92 Å². The average Bonchev–Trinajstić information content (AvgIpc) is 3.33. The Hall–Kier alpha value is -3.21. The number of hydrogen-bond acceptors (Lipinski definition) is 7. The molecule has 12 heteroatoms. The van der Waals surface area contributed by atoms with Gasteiger partial charge in [-0.05, 0) is 13.3 Å². The van der Waals surface area contributed by atoms with Crippen LogP contribution in [0.15, 0.2) is 12.3 Å². The number of nitrogens with zero attached hydrogens (tertiary/aromatic N) is 8. The molecule has 0 saturated carbocycles. The van der Waals surface area contributed by atoms with E-state index < -0.39 is 6.17 Å². The lowest BCUT2D eigenvalue weighted by atomic mass is 10.3. The molecule has 30 heavy (non-hydrogen) atoms. The summed E-state index contributed by atoms with van der Waals surface area (Å²) in [6.45, 7) is 3.67. The van der Waals surface area contributed by atoms with Crippen molar-refractivity contribution in [2.24, 2.45) is 7.05 Å². The monoisotopic (exact) mass is 431 g/mol. The van der Waals surface area contributed by atoms with Crippen molar-refractivity contribution < 1.29 is 9.13 Å². The molecule has 1 N–H and O–H groups in total. The zero-order chi connectivity index (χ0) is 21.0. The SMILES string of the molecule is CCc1c2c(nn1-c1cc(C)nn1C)OC[C@H](F)Cn1nc(Cl)c3cnc(nc31)N2. The quantitative estimate of drug-likeness (QED) is 0.520. The molecule has 4 aromatic heterocycles. The normalized spacial score (nSPS) is 16.2. The largest absolute Gasteiger partial charge is 0.472 e. The summed E-state index contributed by atoms with van der Waals surface area (Å²) in [6.07, 6.45) is 0.874. The van der Waals surface area contributed by atoms with E-state index in [-0.39, 0.29) is 24.2 Å². The molecule has 0 spiro atoms. The average molecular weight is 432 g/mol. The summed E-state index contributed by atoms with van der Waals surface area (Å²) in [5.41, 5.74) is 2.73. The fourth-order valence-corrected chi connectivity index (χ4v) is 3.82. The molecule has 0 amide bonds. The minimum absolute atomic E-state index is 0.0444. The maximum atomic E-state index is 14.7. The maximum absolute atomic E-state index is 14.7. The molecule has 1 aliphatic heterocycles. The smallest absolute Gasteiger partial charge is 0.257 e. The first-order chi connectivity index (χ1) is 14.4. The van der Waals surface area contributed by atoms with Gasteiger partial charge in [0.1, 0.15) is 12.3 Å². The Morgan fingerprint density at radius 1 is 1.33 bits per heavy atom. The topological polar surface area (TPSA) is 101 Å². The number of ether oxygens (including phenoxy) is 1. The van der Waals surface area contributed by atoms with E-state index in [2.05, 4.69) is 30.6 Å². The Balaban J connectivity index is 1.69. The van der Waals surface area contributed by atoms with Crippen LogP contribution in [0.1, 0.15) is 18.3 Å². The third kappa shape index (κ3) is 2.96. The van der Waals surface area contributed by atoms with E-state index in [0.29, 0.717) is 29.1 Å². The number of fused-ring (bicyclic) bond motifs is 2. The van der Waals surface area contributed by atoms with Crippen molar-refractivity contribution in [3.8, 4) is 11.7 Å². The van der Waals surface area contributed by atoms with Gasteiger partial charge in [-0.15, -0.1) is 5.10 Å². The Labute approximate surface area is 175 Å². The van der Waals surface area contributed by atoms with Crippen molar-refractivity contribution in [3.05, 3.63) is 28.8 Å². The van der Waals surface area contributed by atoms with Crippen molar-refractivity contribution in [2.45, 2.75) is 33.0 Å². The summed E-state index contributed by atoms with van der Waals surface area (Å²) < 4.78 is 25.4. The fourth-order valence-electron chi connectivity index (χ4n) is 3.60. The van der Waals surface area contributed by atoms with E-state index in [4.69, 9.17) is 16.3 Å². The van der Waals surface area contributed by atoms with Crippen LogP contribution in [-0.4, -0.2) is 52.1 Å². The molecule has 156 valence electrons. The van der Waals surface area contributed by atoms with Crippen LogP contribution in [0.2, 0.25) is 5.15 Å². The Bertz CT molecular complexity index is 1260. The van der Waals surface area contributed by atoms with Crippen molar-refractivity contribution in [2.75, 3.05) is 11.9 Å². The van der Waals surface area contributed by atoms with Gasteiger partial charge < -0.3 is 10.1 Å². The van der Waals surface area contributed by atoms with Crippen LogP contribution < -0.4 is 10.1 Å². The number of aryl methyl sites for hydroxylation is 2. The standard InChI is InChI=1S/C18H19ClFN9O/c1-4-12-14-17(26-29(12)13-5-9(2)24-27(13)3)30-8-10(20)7-28-16-11(15(19)25-28)6-21-18(22-14)23-16/h5-6,10H,4,7-8H2,1-3H3,(H,21,22,23)/t10-/m1/s1. The summed E-state index contributed by atoms with van der Waals surface area (Å²) in [7, 11) is 1.84. The molecule has 10 nitrogen and oxygen atoms in total. The van der Waals surface area contributed by atoms with Crippen molar-refractivity contribution in [1.82, 2.24) is 39.3 Å². The lowest BCUT2D eigenvalue weighted by Gasteiger charge is -2.09. The predicted molar refractivity (Wildman–Crippen MR) is 108 cm³/mol. The minimum Gasteiger partial charge on any atom is -0.472 e. The lowest BCUT2D eigenvalue weighted by molar-refractivity contribution is 0.171. The van der Waals surface area contributed by atoms with Gasteiger partial charge in [0.2, 0.25) is 5.95 Å². The highest BCUT2D eigenvalue weighted by Crippen LogP contribution is 2.34. The lowest BCUT2D eigenvalue weighted by Crippen LogP contribution is -2.20. The fraction of sp³-hybridized carbons (Fsp3) is 0.389. The van der Waals surface area contributed by atoms with E-state index >= 15 is 0 Å². The molecule has 4 aromatic rings. The molecule has 5 heterocycles. The summed E-state index contributed by atoms with van der Waals surface area (Å²) in [4.78, 5) is 8.85. The highest BCUT2D eigenvalue weighted by Gasteiger charge is 2.25. The van der Waals surface area contributed by atoms with Crippen LogP contribution in [0.4, 0.5) is 16.0 Å². The molecular formula is C18H19ClFN9O. The number of rotatable bonds is 2. The molecule has 2 bridgehead atoms. The maximum Gasteiger partial charge on any atom is 0.257 e. The van der Waals surface area contributed by atoms with E-state index in [1.165, 1.54) is 4.68 Å². The zero-order valence-electron chi connectivity index (χ0n) is 16.6. The van der Waals surface area contributed by atoms with Crippen LogP contribution in [0.3, 0.4) is 0 Å². The van der Waals surface area contributed by atoms with Crippen LogP contribution in [0.25, 0.3) is 16.9 Å². The number of anilines is 2. The third-order valence-corrected chi connectivity index (χ3v) is 5.21. The highest BCUT2D eigenvalue weighted by molar-refractivity contribution is 6.34. The molecule has 0 aliphatic carbocycles. The number of halogens is 2. The Morgan fingerprint density at radius 2 is 2.17 bits per heavy atom. The van der Waals surface area contributed by atoms with Gasteiger partial charge in [-0.25, -0.2) is 18.7 Å². The molecular weight excluding hydrogens is 413 g/mol. The second kappa shape index (κ2) is 6.94. The van der Waals surface area contributed by atoms with Crippen LogP contribution >= 0.6 is 11.6 Å². The van der Waals surface area contributed by atoms with Crippen molar-refractivity contribution in [1.29, 1.82) is 0 Å². The second-order valence-corrected chi connectivity index (χ2v) is 7.45. The van der Waals surface area contributed by atoms with Gasteiger partial charge in [-0.3, -0.25) is 4.68 Å². The predicted octanol–water partition coefficient (Wildman–Crippen LogP) is 2.74. The minimum atomic E-state index is -1.33. The molecule has 0 saturated heterocycles. The number of hydrogen-bond donors (Lipinski definition) is 1. The number of alkyl halides is 1. The Morgan fingerprint density at radius 3 is 2.90 bits per heavy atom. The van der Waals surface area contributed by atoms with Crippen LogP contribution in [-0.2, 0) is 20.0 Å². The van der Waals surface area contributed by atoms with E-state index in [1.54, 1.807) is 15.6 Å². The van der Waals surface area contributed by atoms with Gasteiger partial charge in [-0.2, -0.15) is 15.2 Å². The molecule has 1 atom stereocenters. The first-order valence-corrected chi connectivity index (χ1v) is 9.88.